The standard InChI is InChI=1S/C14H18N4O6S/c15-12-11-10(16-14(22)17-11)7(25-12)3-1-2-4-9(20)24-6-5-8(19)18(23)13(6)21/h6-7,10-11,15,23H,1-5H2,(H2,16,17,22)/t6?,7-,10+,11+/m1/s1. The van der Waals surface area contributed by atoms with Crippen LogP contribution < -0.4 is 10.6 Å². The Bertz CT molecular complexity index is 641. The van der Waals surface area contributed by atoms with Gasteiger partial charge in [0.1, 0.15) is 0 Å². The first-order chi connectivity index (χ1) is 11.9. The number of esters is 1. The Morgan fingerprint density at radius 1 is 1.32 bits per heavy atom. The fraction of sp³-hybridized carbons (Fsp3) is 0.643. The van der Waals surface area contributed by atoms with Crippen LogP contribution in [0.5, 0.6) is 0 Å². The lowest BCUT2D eigenvalue weighted by atomic mass is 10.0. The lowest BCUT2D eigenvalue weighted by Crippen LogP contribution is -2.37. The lowest BCUT2D eigenvalue weighted by molar-refractivity contribution is -0.176. The van der Waals surface area contributed by atoms with Gasteiger partial charge in [0.2, 0.25) is 0 Å². The van der Waals surface area contributed by atoms with E-state index in [4.69, 9.17) is 15.4 Å². The first kappa shape index (κ1) is 17.7. The summed E-state index contributed by atoms with van der Waals surface area (Å²) in [5, 5.41) is 23.0. The summed E-state index contributed by atoms with van der Waals surface area (Å²) in [5.74, 6) is -2.30. The predicted molar refractivity (Wildman–Crippen MR) is 85.0 cm³/mol. The van der Waals surface area contributed by atoms with Gasteiger partial charge in [-0.25, -0.2) is 4.79 Å². The van der Waals surface area contributed by atoms with E-state index < -0.39 is 23.9 Å². The number of unbranched alkanes of at least 4 members (excludes halogenated alkanes) is 1. The van der Waals surface area contributed by atoms with Crippen LogP contribution in [0.4, 0.5) is 4.79 Å². The maximum absolute atomic E-state index is 11.7. The number of amides is 4. The Labute approximate surface area is 147 Å². The van der Waals surface area contributed by atoms with Crippen molar-refractivity contribution in [3.05, 3.63) is 0 Å². The minimum absolute atomic E-state index is 0.0233. The van der Waals surface area contributed by atoms with Gasteiger partial charge in [-0.1, -0.05) is 6.42 Å². The highest BCUT2D eigenvalue weighted by molar-refractivity contribution is 8.15. The monoisotopic (exact) mass is 370 g/mol. The van der Waals surface area contributed by atoms with E-state index in [9.17, 15) is 19.2 Å². The number of fused-ring (bicyclic) bond motifs is 1. The SMILES string of the molecule is N=C1S[C@H](CCCCC(=O)OC2CC(=O)N(O)C2=O)[C@@H]2NC(=O)N[C@H]12. The predicted octanol–water partition coefficient (Wildman–Crippen LogP) is -0.251. The van der Waals surface area contributed by atoms with Crippen molar-refractivity contribution in [2.24, 2.45) is 0 Å². The number of hydrogen-bond donors (Lipinski definition) is 4. The minimum Gasteiger partial charge on any atom is -0.452 e. The second kappa shape index (κ2) is 7.00. The third-order valence-electron chi connectivity index (χ3n) is 4.38. The molecule has 11 heteroatoms. The van der Waals surface area contributed by atoms with Crippen LogP contribution in [-0.4, -0.2) is 62.6 Å². The third kappa shape index (κ3) is 3.61. The number of imide groups is 1. The van der Waals surface area contributed by atoms with Gasteiger partial charge in [0.15, 0.2) is 6.10 Å². The number of nitrogens with one attached hydrogen (secondary N) is 3. The fourth-order valence-electron chi connectivity index (χ4n) is 3.11. The molecule has 0 aromatic carbocycles. The van der Waals surface area contributed by atoms with Gasteiger partial charge in [-0.3, -0.25) is 25.0 Å². The zero-order chi connectivity index (χ0) is 18.1. The molecule has 4 amide bonds. The number of carbonyl (C=O) groups is 4. The molecule has 0 spiro atoms. The number of thioether (sulfide) groups is 1. The van der Waals surface area contributed by atoms with Crippen molar-refractivity contribution in [1.82, 2.24) is 15.7 Å². The Balaban J connectivity index is 1.37. The second-order valence-electron chi connectivity index (χ2n) is 6.11. The van der Waals surface area contributed by atoms with Crippen LogP contribution in [0.25, 0.3) is 0 Å². The topological polar surface area (TPSA) is 149 Å². The molecule has 4 N–H and O–H groups in total. The van der Waals surface area contributed by atoms with Gasteiger partial charge in [-0.05, 0) is 12.8 Å². The second-order valence-corrected chi connectivity index (χ2v) is 7.40. The van der Waals surface area contributed by atoms with E-state index in [0.29, 0.717) is 17.9 Å². The number of ether oxygens (including phenoxy) is 1. The molecule has 0 radical (unpaired) electrons. The first-order valence-electron chi connectivity index (χ1n) is 7.94. The summed E-state index contributed by atoms with van der Waals surface area (Å²) >= 11 is 1.42. The van der Waals surface area contributed by atoms with Gasteiger partial charge in [0.05, 0.1) is 23.5 Å². The number of rotatable bonds is 6. The van der Waals surface area contributed by atoms with Crippen LogP contribution in [0, 0.1) is 5.41 Å². The zero-order valence-electron chi connectivity index (χ0n) is 13.2. The molecule has 3 fully saturated rings. The lowest BCUT2D eigenvalue weighted by Gasteiger charge is -2.15. The third-order valence-corrected chi connectivity index (χ3v) is 5.72. The molecular weight excluding hydrogens is 352 g/mol. The number of hydrogen-bond acceptors (Lipinski definition) is 8. The van der Waals surface area contributed by atoms with Crippen molar-refractivity contribution in [1.29, 1.82) is 5.41 Å². The van der Waals surface area contributed by atoms with Crippen LogP contribution in [-0.2, 0) is 19.1 Å². The van der Waals surface area contributed by atoms with Gasteiger partial charge in [0.25, 0.3) is 11.8 Å². The largest absolute Gasteiger partial charge is 0.452 e. The fourth-order valence-corrected chi connectivity index (χ4v) is 4.44. The molecule has 0 aromatic rings. The molecule has 3 aliphatic rings. The molecule has 1 unspecified atom stereocenters. The molecule has 25 heavy (non-hydrogen) atoms. The summed E-state index contributed by atoms with van der Waals surface area (Å²) in [4.78, 5) is 45.6. The average Bonchev–Trinajstić information content (AvgIpc) is 3.15. The first-order valence-corrected chi connectivity index (χ1v) is 8.82. The Morgan fingerprint density at radius 3 is 2.76 bits per heavy atom. The van der Waals surface area contributed by atoms with E-state index in [0.717, 1.165) is 6.42 Å². The summed E-state index contributed by atoms with van der Waals surface area (Å²) in [7, 11) is 0. The molecule has 10 nitrogen and oxygen atoms in total. The van der Waals surface area contributed by atoms with Crippen LogP contribution in [0.1, 0.15) is 32.1 Å². The minimum atomic E-state index is -1.24. The molecule has 3 saturated heterocycles. The van der Waals surface area contributed by atoms with Crippen molar-refractivity contribution in [3.8, 4) is 0 Å². The quantitative estimate of drug-likeness (QED) is 0.166. The molecule has 0 bridgehead atoms. The van der Waals surface area contributed by atoms with Gasteiger partial charge in [-0.2, -0.15) is 5.06 Å². The van der Waals surface area contributed by atoms with Crippen LogP contribution in [0.15, 0.2) is 0 Å². The van der Waals surface area contributed by atoms with Crippen molar-refractivity contribution in [2.75, 3.05) is 0 Å². The Kier molecular flexibility index (Phi) is 4.95. The Morgan fingerprint density at radius 2 is 2.08 bits per heavy atom. The molecule has 3 rings (SSSR count). The summed E-state index contributed by atoms with van der Waals surface area (Å²) in [6, 6.07) is -0.628. The average molecular weight is 370 g/mol. The number of urea groups is 1. The number of nitrogens with zero attached hydrogens (tertiary/aromatic N) is 1. The zero-order valence-corrected chi connectivity index (χ0v) is 14.0. The van der Waals surface area contributed by atoms with Crippen molar-refractivity contribution in [3.63, 3.8) is 0 Å². The van der Waals surface area contributed by atoms with Crippen molar-refractivity contribution in [2.45, 2.75) is 55.5 Å². The van der Waals surface area contributed by atoms with E-state index in [2.05, 4.69) is 10.6 Å². The summed E-state index contributed by atoms with van der Waals surface area (Å²) in [6.07, 6.45) is 0.475. The van der Waals surface area contributed by atoms with Gasteiger partial charge < -0.3 is 15.4 Å². The van der Waals surface area contributed by atoms with Gasteiger partial charge in [-0.15, -0.1) is 11.8 Å². The highest BCUT2D eigenvalue weighted by atomic mass is 32.2. The molecule has 3 heterocycles. The summed E-state index contributed by atoms with van der Waals surface area (Å²) in [6.45, 7) is 0. The van der Waals surface area contributed by atoms with Gasteiger partial charge in [0, 0.05) is 11.7 Å². The molecule has 0 aliphatic carbocycles. The normalized spacial score (nSPS) is 31.2. The van der Waals surface area contributed by atoms with Gasteiger partial charge >= 0.3 is 12.0 Å². The van der Waals surface area contributed by atoms with Crippen molar-refractivity contribution < 1.29 is 29.1 Å². The molecule has 0 saturated carbocycles. The Hall–Kier alpha value is -2.14. The van der Waals surface area contributed by atoms with E-state index in [1.807, 2.05) is 0 Å². The summed E-state index contributed by atoms with van der Waals surface area (Å²) < 4.78 is 4.92. The molecule has 136 valence electrons. The highest BCUT2D eigenvalue weighted by Gasteiger charge is 2.46. The van der Waals surface area contributed by atoms with E-state index in [1.54, 1.807) is 0 Å². The van der Waals surface area contributed by atoms with E-state index in [-0.39, 0.29) is 41.3 Å². The number of carbonyl (C=O) groups excluding carboxylic acids is 4. The van der Waals surface area contributed by atoms with Crippen LogP contribution >= 0.6 is 11.8 Å². The maximum Gasteiger partial charge on any atom is 0.315 e. The molecular formula is C14H18N4O6S. The van der Waals surface area contributed by atoms with Crippen LogP contribution in [0.3, 0.4) is 0 Å². The van der Waals surface area contributed by atoms with E-state index in [1.165, 1.54) is 11.8 Å². The maximum atomic E-state index is 11.7. The van der Waals surface area contributed by atoms with E-state index >= 15 is 0 Å². The van der Waals surface area contributed by atoms with Crippen LogP contribution in [0.2, 0.25) is 0 Å². The number of hydroxylamine groups is 2. The summed E-state index contributed by atoms with van der Waals surface area (Å²) in [5.41, 5.74) is 0. The molecule has 0 aromatic heterocycles. The van der Waals surface area contributed by atoms with Crippen molar-refractivity contribution >= 4 is 40.6 Å². The molecule has 3 aliphatic heterocycles. The highest BCUT2D eigenvalue weighted by Crippen LogP contribution is 2.34. The molecule has 4 atom stereocenters. The smallest absolute Gasteiger partial charge is 0.315 e.